The number of hydrogen-bond acceptors (Lipinski definition) is 7. The van der Waals surface area contributed by atoms with Crippen LogP contribution in [-0.2, 0) is 21.4 Å². The lowest BCUT2D eigenvalue weighted by molar-refractivity contribution is -0.118. The van der Waals surface area contributed by atoms with Crippen LogP contribution in [0.25, 0.3) is 22.1 Å². The minimum atomic E-state index is -3.57. The number of carbonyl (C=O) groups excluding carboxylic acids is 1. The van der Waals surface area contributed by atoms with Crippen LogP contribution >= 0.6 is 11.8 Å². The molecule has 4 aromatic rings. The second-order valence-electron chi connectivity index (χ2n) is 8.76. The fourth-order valence-electron chi connectivity index (χ4n) is 4.11. The number of benzene rings is 2. The molecule has 9 nitrogen and oxygen atoms in total. The van der Waals surface area contributed by atoms with Crippen LogP contribution in [0, 0.1) is 5.92 Å². The van der Waals surface area contributed by atoms with E-state index >= 15 is 0 Å². The van der Waals surface area contributed by atoms with Crippen molar-refractivity contribution in [2.24, 2.45) is 5.92 Å². The SMILES string of the molecule is CC1CCN(S(=O)(=O)c2ccc3[nH]c4nc(SCC(=O)NCc5ccccc5)nnc4c3c2)CC1. The second-order valence-corrected chi connectivity index (χ2v) is 11.6. The largest absolute Gasteiger partial charge is 0.351 e. The predicted octanol–water partition coefficient (Wildman–Crippen LogP) is 3.34. The molecule has 1 aliphatic rings. The summed E-state index contributed by atoms with van der Waals surface area (Å²) in [6.45, 7) is 3.69. The third-order valence-corrected chi connectivity index (χ3v) is 8.94. The molecule has 0 atom stereocenters. The van der Waals surface area contributed by atoms with Crippen LogP contribution in [-0.4, -0.2) is 57.6 Å². The molecule has 3 heterocycles. The number of piperidine rings is 1. The first-order chi connectivity index (χ1) is 16.9. The molecule has 0 saturated carbocycles. The van der Waals surface area contributed by atoms with Crippen molar-refractivity contribution in [3.63, 3.8) is 0 Å². The summed E-state index contributed by atoms with van der Waals surface area (Å²) in [5.41, 5.74) is 2.76. The lowest BCUT2D eigenvalue weighted by atomic mass is 10.0. The molecular formula is C24H26N6O3S2. The molecule has 11 heteroatoms. The van der Waals surface area contributed by atoms with Gasteiger partial charge in [-0.25, -0.2) is 13.4 Å². The Morgan fingerprint density at radius 2 is 1.91 bits per heavy atom. The number of H-pyrrole nitrogens is 1. The van der Waals surface area contributed by atoms with Crippen LogP contribution in [0.4, 0.5) is 0 Å². The van der Waals surface area contributed by atoms with Gasteiger partial charge in [-0.15, -0.1) is 10.2 Å². The molecule has 0 bridgehead atoms. The van der Waals surface area contributed by atoms with Gasteiger partial charge in [0, 0.05) is 30.5 Å². The lowest BCUT2D eigenvalue weighted by Gasteiger charge is -2.29. The van der Waals surface area contributed by atoms with Gasteiger partial charge >= 0.3 is 0 Å². The Balaban J connectivity index is 1.30. The van der Waals surface area contributed by atoms with Crippen molar-refractivity contribution in [2.75, 3.05) is 18.8 Å². The van der Waals surface area contributed by atoms with Crippen LogP contribution in [0.15, 0.2) is 58.6 Å². The van der Waals surface area contributed by atoms with Crippen LogP contribution in [0.1, 0.15) is 25.3 Å². The lowest BCUT2D eigenvalue weighted by Crippen LogP contribution is -2.37. The molecule has 1 aliphatic heterocycles. The Morgan fingerprint density at radius 3 is 2.69 bits per heavy atom. The van der Waals surface area contributed by atoms with E-state index in [4.69, 9.17) is 0 Å². The molecule has 182 valence electrons. The normalized spacial score (nSPS) is 15.6. The van der Waals surface area contributed by atoms with Crippen molar-refractivity contribution in [1.82, 2.24) is 29.8 Å². The van der Waals surface area contributed by atoms with Gasteiger partial charge in [-0.3, -0.25) is 4.79 Å². The van der Waals surface area contributed by atoms with Crippen LogP contribution < -0.4 is 5.32 Å². The average molecular weight is 511 g/mol. The van der Waals surface area contributed by atoms with Gasteiger partial charge in [0.2, 0.25) is 21.1 Å². The number of sulfonamides is 1. The zero-order valence-corrected chi connectivity index (χ0v) is 20.9. The number of thioether (sulfide) groups is 1. The first-order valence-corrected chi connectivity index (χ1v) is 13.9. The van der Waals surface area contributed by atoms with Gasteiger partial charge in [-0.05, 0) is 42.5 Å². The predicted molar refractivity (Wildman–Crippen MR) is 135 cm³/mol. The van der Waals surface area contributed by atoms with E-state index in [-0.39, 0.29) is 16.6 Å². The summed E-state index contributed by atoms with van der Waals surface area (Å²) >= 11 is 1.20. The van der Waals surface area contributed by atoms with E-state index in [0.717, 1.165) is 23.9 Å². The second kappa shape index (κ2) is 9.92. The molecule has 1 amide bonds. The number of aromatic amines is 1. The van der Waals surface area contributed by atoms with Gasteiger partial charge in [0.25, 0.3) is 0 Å². The minimum absolute atomic E-state index is 0.124. The molecule has 0 unspecified atom stereocenters. The highest BCUT2D eigenvalue weighted by molar-refractivity contribution is 7.99. The highest BCUT2D eigenvalue weighted by atomic mass is 32.2. The molecule has 2 aromatic carbocycles. The van der Waals surface area contributed by atoms with Gasteiger partial charge < -0.3 is 10.3 Å². The summed E-state index contributed by atoms with van der Waals surface area (Å²) in [4.78, 5) is 20.1. The first-order valence-electron chi connectivity index (χ1n) is 11.5. The number of nitrogens with zero attached hydrogens (tertiary/aromatic N) is 4. The summed E-state index contributed by atoms with van der Waals surface area (Å²) in [6, 6.07) is 14.7. The van der Waals surface area contributed by atoms with E-state index in [2.05, 4.69) is 32.4 Å². The summed E-state index contributed by atoms with van der Waals surface area (Å²) in [7, 11) is -3.57. The highest BCUT2D eigenvalue weighted by Gasteiger charge is 2.28. The van der Waals surface area contributed by atoms with Crippen molar-refractivity contribution in [2.45, 2.75) is 36.4 Å². The maximum Gasteiger partial charge on any atom is 0.243 e. The Morgan fingerprint density at radius 1 is 1.14 bits per heavy atom. The topological polar surface area (TPSA) is 121 Å². The Labute approximate surface area is 207 Å². The summed E-state index contributed by atoms with van der Waals surface area (Å²) in [6.07, 6.45) is 1.74. The molecule has 35 heavy (non-hydrogen) atoms. The number of aromatic nitrogens is 4. The zero-order chi connectivity index (χ0) is 24.4. The van der Waals surface area contributed by atoms with Crippen molar-refractivity contribution in [3.05, 3.63) is 54.1 Å². The third-order valence-electron chi connectivity index (χ3n) is 6.21. The quantitative estimate of drug-likeness (QED) is 0.366. The molecule has 0 radical (unpaired) electrons. The van der Waals surface area contributed by atoms with Gasteiger partial charge in [0.05, 0.1) is 10.6 Å². The summed E-state index contributed by atoms with van der Waals surface area (Å²) in [5, 5.41) is 12.3. The minimum Gasteiger partial charge on any atom is -0.351 e. The number of fused-ring (bicyclic) bond motifs is 3. The number of rotatable bonds is 7. The number of hydrogen-bond donors (Lipinski definition) is 2. The number of amides is 1. The monoisotopic (exact) mass is 510 g/mol. The van der Waals surface area contributed by atoms with E-state index < -0.39 is 10.0 Å². The molecule has 1 saturated heterocycles. The van der Waals surface area contributed by atoms with Crippen molar-refractivity contribution in [3.8, 4) is 0 Å². The number of nitrogens with one attached hydrogen (secondary N) is 2. The Hall–Kier alpha value is -3.02. The van der Waals surface area contributed by atoms with Gasteiger partial charge in [0.15, 0.2) is 5.65 Å². The fourth-order valence-corrected chi connectivity index (χ4v) is 6.22. The molecular weight excluding hydrogens is 484 g/mol. The van der Waals surface area contributed by atoms with Crippen LogP contribution in [0.5, 0.6) is 0 Å². The summed E-state index contributed by atoms with van der Waals surface area (Å²) in [5.74, 6) is 0.582. The van der Waals surface area contributed by atoms with Gasteiger partial charge in [-0.2, -0.15) is 4.31 Å². The fraction of sp³-hybridized carbons (Fsp3) is 0.333. The number of carbonyl (C=O) groups is 1. The first kappa shape index (κ1) is 23.7. The highest BCUT2D eigenvalue weighted by Crippen LogP contribution is 2.29. The van der Waals surface area contributed by atoms with Crippen molar-refractivity contribution < 1.29 is 13.2 Å². The molecule has 2 aromatic heterocycles. The maximum atomic E-state index is 13.2. The van der Waals surface area contributed by atoms with E-state index in [9.17, 15) is 13.2 Å². The van der Waals surface area contributed by atoms with E-state index in [1.54, 1.807) is 22.5 Å². The van der Waals surface area contributed by atoms with Gasteiger partial charge in [-0.1, -0.05) is 49.0 Å². The standard InChI is InChI=1S/C24H26N6O3S2/c1-16-9-11-30(12-10-16)35(32,33)18-7-8-20-19(13-18)22-23(26-20)27-24(29-28-22)34-15-21(31)25-14-17-5-3-2-4-6-17/h2-8,13,16H,9-12,14-15H2,1H3,(H,25,31)(H,26,27,29). The zero-order valence-electron chi connectivity index (χ0n) is 19.3. The van der Waals surface area contributed by atoms with Crippen molar-refractivity contribution >= 4 is 49.8 Å². The summed E-state index contributed by atoms with van der Waals surface area (Å²) < 4.78 is 27.9. The smallest absolute Gasteiger partial charge is 0.243 e. The van der Waals surface area contributed by atoms with Crippen LogP contribution in [0.2, 0.25) is 0 Å². The van der Waals surface area contributed by atoms with Crippen molar-refractivity contribution in [1.29, 1.82) is 0 Å². The third kappa shape index (κ3) is 5.16. The molecule has 5 rings (SSSR count). The molecule has 1 fully saturated rings. The molecule has 0 aliphatic carbocycles. The van der Waals surface area contributed by atoms with E-state index in [0.29, 0.717) is 47.3 Å². The maximum absolute atomic E-state index is 13.2. The van der Waals surface area contributed by atoms with E-state index in [1.165, 1.54) is 11.8 Å². The Kier molecular flexibility index (Phi) is 6.72. The molecule has 2 N–H and O–H groups in total. The van der Waals surface area contributed by atoms with Gasteiger partial charge in [0.1, 0.15) is 5.52 Å². The average Bonchev–Trinajstić information content (AvgIpc) is 3.24. The van der Waals surface area contributed by atoms with Crippen LogP contribution in [0.3, 0.4) is 0 Å². The molecule has 0 spiro atoms. The Bertz CT molecular complexity index is 1460. The van der Waals surface area contributed by atoms with E-state index in [1.807, 2.05) is 30.3 Å².